The Bertz CT molecular complexity index is 808. The molecule has 1 fully saturated rings. The quantitative estimate of drug-likeness (QED) is 0.550. The van der Waals surface area contributed by atoms with E-state index in [4.69, 9.17) is 0 Å². The second kappa shape index (κ2) is 10.6. The van der Waals surface area contributed by atoms with Crippen molar-refractivity contribution in [2.75, 3.05) is 23.7 Å². The number of amides is 4. The first-order valence-corrected chi connectivity index (χ1v) is 10.1. The number of anilines is 2. The van der Waals surface area contributed by atoms with E-state index >= 15 is 0 Å². The number of carbonyl (C=O) groups is 2. The average molecular weight is 416 g/mol. The summed E-state index contributed by atoms with van der Waals surface area (Å²) < 4.78 is 26.4. The number of hydrogen-bond donors (Lipinski definition) is 4. The second-order valence-electron chi connectivity index (χ2n) is 7.59. The van der Waals surface area contributed by atoms with Gasteiger partial charge in [0, 0.05) is 24.5 Å². The minimum atomic E-state index is -0.406. The standard InChI is InChI=1S/C22H26F2N4O2/c23-17-6-2-8-19(11-17)27-21(29)25-13-15-4-1-5-16(10-15)14-26-22(30)28-20-9-3-7-18(24)12-20/h2-3,6-9,11-12,15-16H,1,4-5,10,13-14H2,(H2,25,27,29)(H2,26,28,30)/t15-,16+. The fourth-order valence-corrected chi connectivity index (χ4v) is 3.73. The van der Waals surface area contributed by atoms with E-state index < -0.39 is 11.6 Å². The largest absolute Gasteiger partial charge is 0.338 e. The molecule has 0 aliphatic heterocycles. The Hall–Kier alpha value is -3.16. The molecule has 4 amide bonds. The summed E-state index contributed by atoms with van der Waals surface area (Å²) in [5.41, 5.74) is 0.810. The normalized spacial score (nSPS) is 18.3. The van der Waals surface area contributed by atoms with E-state index in [1.54, 1.807) is 12.1 Å². The predicted molar refractivity (Wildman–Crippen MR) is 112 cm³/mol. The highest BCUT2D eigenvalue weighted by Gasteiger charge is 2.23. The van der Waals surface area contributed by atoms with Crippen LogP contribution >= 0.6 is 0 Å². The third-order valence-electron chi connectivity index (χ3n) is 5.16. The summed E-state index contributed by atoms with van der Waals surface area (Å²) in [4.78, 5) is 24.0. The first-order valence-electron chi connectivity index (χ1n) is 10.1. The van der Waals surface area contributed by atoms with Gasteiger partial charge < -0.3 is 21.3 Å². The molecule has 6 nitrogen and oxygen atoms in total. The zero-order valence-corrected chi connectivity index (χ0v) is 16.6. The Labute approximate surface area is 174 Å². The number of benzene rings is 2. The molecule has 1 aliphatic carbocycles. The fourth-order valence-electron chi connectivity index (χ4n) is 3.73. The topological polar surface area (TPSA) is 82.3 Å². The van der Waals surface area contributed by atoms with E-state index in [2.05, 4.69) is 21.3 Å². The number of nitrogens with one attached hydrogen (secondary N) is 4. The van der Waals surface area contributed by atoms with Gasteiger partial charge in [-0.15, -0.1) is 0 Å². The van der Waals surface area contributed by atoms with Crippen molar-refractivity contribution in [2.24, 2.45) is 11.8 Å². The molecule has 2 aromatic carbocycles. The van der Waals surface area contributed by atoms with Crippen molar-refractivity contribution < 1.29 is 18.4 Å². The summed E-state index contributed by atoms with van der Waals surface area (Å²) in [7, 11) is 0. The van der Waals surface area contributed by atoms with Gasteiger partial charge in [0.05, 0.1) is 0 Å². The monoisotopic (exact) mass is 416 g/mol. The molecule has 0 heterocycles. The third kappa shape index (κ3) is 7.02. The maximum absolute atomic E-state index is 13.2. The van der Waals surface area contributed by atoms with Crippen molar-refractivity contribution in [1.82, 2.24) is 10.6 Å². The number of rotatable bonds is 6. The van der Waals surface area contributed by atoms with E-state index in [0.717, 1.165) is 25.7 Å². The second-order valence-corrected chi connectivity index (χ2v) is 7.59. The minimum absolute atomic E-state index is 0.315. The third-order valence-corrected chi connectivity index (χ3v) is 5.16. The molecule has 30 heavy (non-hydrogen) atoms. The summed E-state index contributed by atoms with van der Waals surface area (Å²) in [6.07, 6.45) is 3.93. The zero-order chi connectivity index (χ0) is 21.3. The lowest BCUT2D eigenvalue weighted by Gasteiger charge is -2.29. The smallest absolute Gasteiger partial charge is 0.319 e. The van der Waals surface area contributed by atoms with E-state index in [1.165, 1.54) is 36.4 Å². The van der Waals surface area contributed by atoms with Crippen LogP contribution in [0.2, 0.25) is 0 Å². The van der Waals surface area contributed by atoms with Crippen LogP contribution in [0, 0.1) is 23.5 Å². The van der Waals surface area contributed by atoms with Gasteiger partial charge >= 0.3 is 12.1 Å². The molecule has 3 rings (SSSR count). The van der Waals surface area contributed by atoms with Gasteiger partial charge in [0.15, 0.2) is 0 Å². The Kier molecular flexibility index (Phi) is 7.59. The minimum Gasteiger partial charge on any atom is -0.338 e. The van der Waals surface area contributed by atoms with E-state index in [9.17, 15) is 18.4 Å². The van der Waals surface area contributed by atoms with Crippen LogP contribution in [0.5, 0.6) is 0 Å². The van der Waals surface area contributed by atoms with E-state index in [1.807, 2.05) is 0 Å². The molecular formula is C22H26F2N4O2. The van der Waals surface area contributed by atoms with Gasteiger partial charge in [-0.25, -0.2) is 18.4 Å². The van der Waals surface area contributed by atoms with Gasteiger partial charge in [-0.2, -0.15) is 0 Å². The summed E-state index contributed by atoms with van der Waals surface area (Å²) in [6, 6.07) is 10.7. The van der Waals surface area contributed by atoms with Crippen molar-refractivity contribution in [3.05, 3.63) is 60.2 Å². The van der Waals surface area contributed by atoms with Crippen LogP contribution in [0.4, 0.5) is 29.7 Å². The summed E-state index contributed by atoms with van der Waals surface area (Å²) in [6.45, 7) is 1.04. The highest BCUT2D eigenvalue weighted by atomic mass is 19.1. The van der Waals surface area contributed by atoms with Crippen LogP contribution in [-0.4, -0.2) is 25.2 Å². The van der Waals surface area contributed by atoms with Gasteiger partial charge in [0.2, 0.25) is 0 Å². The van der Waals surface area contributed by atoms with E-state index in [-0.39, 0.29) is 12.1 Å². The molecule has 0 aromatic heterocycles. The molecule has 4 N–H and O–H groups in total. The first-order chi connectivity index (χ1) is 14.5. The summed E-state index contributed by atoms with van der Waals surface area (Å²) >= 11 is 0. The lowest BCUT2D eigenvalue weighted by Crippen LogP contribution is -2.38. The number of hydrogen-bond acceptors (Lipinski definition) is 2. The summed E-state index contributed by atoms with van der Waals surface area (Å²) in [5, 5.41) is 10.9. The molecule has 0 radical (unpaired) electrons. The molecule has 1 saturated carbocycles. The van der Waals surface area contributed by atoms with Gasteiger partial charge in [0.25, 0.3) is 0 Å². The lowest BCUT2D eigenvalue weighted by atomic mass is 9.81. The van der Waals surface area contributed by atoms with Crippen molar-refractivity contribution in [3.63, 3.8) is 0 Å². The van der Waals surface area contributed by atoms with Crippen molar-refractivity contribution in [2.45, 2.75) is 25.7 Å². The first kappa shape index (κ1) is 21.5. The van der Waals surface area contributed by atoms with Gasteiger partial charge in [-0.1, -0.05) is 18.6 Å². The van der Waals surface area contributed by atoms with Gasteiger partial charge in [0.1, 0.15) is 11.6 Å². The molecular weight excluding hydrogens is 390 g/mol. The molecule has 1 aliphatic rings. The molecule has 0 unspecified atom stereocenters. The Morgan fingerprint density at radius 3 is 1.70 bits per heavy atom. The van der Waals surface area contributed by atoms with Gasteiger partial charge in [-0.05, 0) is 67.5 Å². The average Bonchev–Trinajstić information content (AvgIpc) is 2.71. The Morgan fingerprint density at radius 1 is 0.800 bits per heavy atom. The molecule has 2 aromatic rings. The number of carbonyl (C=O) groups excluding carboxylic acids is 2. The maximum atomic E-state index is 13.2. The lowest BCUT2D eigenvalue weighted by molar-refractivity contribution is 0.230. The Morgan fingerprint density at radius 2 is 1.27 bits per heavy atom. The van der Waals surface area contributed by atoms with Crippen molar-refractivity contribution in [3.8, 4) is 0 Å². The van der Waals surface area contributed by atoms with Crippen LogP contribution in [0.3, 0.4) is 0 Å². The van der Waals surface area contributed by atoms with Crippen molar-refractivity contribution >= 4 is 23.4 Å². The van der Waals surface area contributed by atoms with Crippen LogP contribution in [0.15, 0.2) is 48.5 Å². The SMILES string of the molecule is O=C(NC[C@H]1CCC[C@@H](CNC(=O)Nc2cccc(F)c2)C1)Nc1cccc(F)c1. The number of urea groups is 2. The molecule has 0 spiro atoms. The molecule has 0 bridgehead atoms. The maximum Gasteiger partial charge on any atom is 0.319 e. The molecule has 8 heteroatoms. The fraction of sp³-hybridized carbons (Fsp3) is 0.364. The van der Waals surface area contributed by atoms with Gasteiger partial charge in [-0.3, -0.25) is 0 Å². The van der Waals surface area contributed by atoms with Crippen molar-refractivity contribution in [1.29, 1.82) is 0 Å². The van der Waals surface area contributed by atoms with Crippen LogP contribution < -0.4 is 21.3 Å². The Balaban J connectivity index is 1.37. The number of halogens is 2. The molecule has 0 saturated heterocycles. The van der Waals surface area contributed by atoms with E-state index in [0.29, 0.717) is 36.3 Å². The summed E-state index contributed by atoms with van der Waals surface area (Å²) in [5.74, 6) is -0.182. The molecule has 2 atom stereocenters. The zero-order valence-electron chi connectivity index (χ0n) is 16.6. The predicted octanol–water partition coefficient (Wildman–Crippen LogP) is 4.71. The van der Waals surface area contributed by atoms with Crippen LogP contribution in [0.25, 0.3) is 0 Å². The molecule has 160 valence electrons. The van der Waals surface area contributed by atoms with Crippen LogP contribution in [-0.2, 0) is 0 Å². The van der Waals surface area contributed by atoms with Crippen LogP contribution in [0.1, 0.15) is 25.7 Å². The highest BCUT2D eigenvalue weighted by Crippen LogP contribution is 2.28. The highest BCUT2D eigenvalue weighted by molar-refractivity contribution is 5.89.